The third-order valence-electron chi connectivity index (χ3n) is 2.47. The minimum atomic E-state index is 1.09. The summed E-state index contributed by atoms with van der Waals surface area (Å²) < 4.78 is 0. The van der Waals surface area contributed by atoms with Crippen molar-refractivity contribution >= 4 is 0 Å². The van der Waals surface area contributed by atoms with Gasteiger partial charge < -0.3 is 0 Å². The van der Waals surface area contributed by atoms with Crippen molar-refractivity contribution in [3.05, 3.63) is 36.5 Å². The van der Waals surface area contributed by atoms with E-state index in [-0.39, 0.29) is 0 Å². The van der Waals surface area contributed by atoms with Crippen LogP contribution in [0.4, 0.5) is 0 Å². The fourth-order valence-electron chi connectivity index (χ4n) is 1.46. The van der Waals surface area contributed by atoms with Crippen LogP contribution >= 0.6 is 0 Å². The van der Waals surface area contributed by atoms with Crippen molar-refractivity contribution in [3.63, 3.8) is 0 Å². The molecule has 0 aromatic carbocycles. The molecule has 0 N–H and O–H groups in total. The molecule has 0 aromatic heterocycles. The monoisotopic (exact) mass is 220 g/mol. The summed E-state index contributed by atoms with van der Waals surface area (Å²) >= 11 is 0. The van der Waals surface area contributed by atoms with Crippen LogP contribution in [0.15, 0.2) is 36.5 Å². The number of allylic oxidation sites excluding steroid dienone is 6. The van der Waals surface area contributed by atoms with Crippen molar-refractivity contribution in [1.82, 2.24) is 0 Å². The molecule has 0 spiro atoms. The lowest BCUT2D eigenvalue weighted by molar-refractivity contribution is 0.728. The highest BCUT2D eigenvalue weighted by molar-refractivity contribution is 4.97. The summed E-state index contributed by atoms with van der Waals surface area (Å²) in [7, 11) is 0. The molecule has 0 atom stereocenters. The summed E-state index contributed by atoms with van der Waals surface area (Å²) in [4.78, 5) is 0. The zero-order valence-corrected chi connectivity index (χ0v) is 11.1. The maximum absolute atomic E-state index is 2.31. The number of hydrogen-bond donors (Lipinski definition) is 0. The molecule has 0 aromatic rings. The smallest absolute Gasteiger partial charge is 0.0169 e. The molecule has 0 saturated heterocycles. The van der Waals surface area contributed by atoms with Crippen LogP contribution in [0.5, 0.6) is 0 Å². The lowest BCUT2D eigenvalue weighted by Gasteiger charge is -1.90. The van der Waals surface area contributed by atoms with Crippen LogP contribution in [-0.2, 0) is 0 Å². The van der Waals surface area contributed by atoms with Crippen LogP contribution < -0.4 is 0 Å². The molecular weight excluding hydrogens is 192 g/mol. The quantitative estimate of drug-likeness (QED) is 0.321. The third-order valence-corrected chi connectivity index (χ3v) is 2.47. The molecule has 0 bridgehead atoms. The summed E-state index contributed by atoms with van der Waals surface area (Å²) in [6, 6.07) is 0. The van der Waals surface area contributed by atoms with Gasteiger partial charge in [-0.3, -0.25) is 0 Å². The molecular formula is C16H28. The SMILES string of the molecule is CCCC=CCC=CC/C=C\CCCCC. The van der Waals surface area contributed by atoms with E-state index in [1.807, 2.05) is 0 Å². The van der Waals surface area contributed by atoms with Gasteiger partial charge in [-0.1, -0.05) is 69.6 Å². The van der Waals surface area contributed by atoms with E-state index >= 15 is 0 Å². The molecule has 0 aliphatic carbocycles. The first-order valence-electron chi connectivity index (χ1n) is 6.86. The van der Waals surface area contributed by atoms with Crippen molar-refractivity contribution in [2.24, 2.45) is 0 Å². The average Bonchev–Trinajstić information content (AvgIpc) is 2.31. The second-order valence-corrected chi connectivity index (χ2v) is 4.17. The van der Waals surface area contributed by atoms with E-state index in [1.54, 1.807) is 0 Å². The zero-order valence-electron chi connectivity index (χ0n) is 11.1. The molecule has 0 nitrogen and oxygen atoms in total. The van der Waals surface area contributed by atoms with Crippen LogP contribution in [0.1, 0.15) is 65.2 Å². The topological polar surface area (TPSA) is 0 Å². The maximum atomic E-state index is 2.31. The van der Waals surface area contributed by atoms with Gasteiger partial charge in [0.1, 0.15) is 0 Å². The highest BCUT2D eigenvalue weighted by Gasteiger charge is 1.80. The Hall–Kier alpha value is -0.780. The Balaban J connectivity index is 3.26. The molecule has 0 amide bonds. The van der Waals surface area contributed by atoms with Gasteiger partial charge in [0.05, 0.1) is 0 Å². The van der Waals surface area contributed by atoms with Gasteiger partial charge in [-0.2, -0.15) is 0 Å². The lowest BCUT2D eigenvalue weighted by Crippen LogP contribution is -1.70. The first-order valence-corrected chi connectivity index (χ1v) is 6.86. The Labute approximate surface area is 102 Å². The van der Waals surface area contributed by atoms with Gasteiger partial charge in [0.2, 0.25) is 0 Å². The minimum absolute atomic E-state index is 1.09. The molecule has 0 unspecified atom stereocenters. The molecule has 0 heteroatoms. The van der Waals surface area contributed by atoms with Gasteiger partial charge in [0.25, 0.3) is 0 Å². The molecule has 0 aliphatic heterocycles. The van der Waals surface area contributed by atoms with E-state index in [1.165, 1.54) is 38.5 Å². The van der Waals surface area contributed by atoms with Crippen LogP contribution in [0, 0.1) is 0 Å². The molecule has 0 heterocycles. The van der Waals surface area contributed by atoms with Crippen LogP contribution in [0.25, 0.3) is 0 Å². The molecule has 16 heavy (non-hydrogen) atoms. The van der Waals surface area contributed by atoms with E-state index in [0.717, 1.165) is 12.8 Å². The summed E-state index contributed by atoms with van der Waals surface area (Å²) in [6.45, 7) is 4.46. The van der Waals surface area contributed by atoms with Crippen molar-refractivity contribution in [2.75, 3.05) is 0 Å². The van der Waals surface area contributed by atoms with Crippen LogP contribution in [0.3, 0.4) is 0 Å². The normalized spacial score (nSPS) is 12.4. The van der Waals surface area contributed by atoms with Gasteiger partial charge in [0, 0.05) is 0 Å². The molecule has 0 aliphatic rings. The largest absolute Gasteiger partial charge is 0.0882 e. The fraction of sp³-hybridized carbons (Fsp3) is 0.625. The lowest BCUT2D eigenvalue weighted by atomic mass is 10.2. The predicted molar refractivity (Wildman–Crippen MR) is 75.7 cm³/mol. The van der Waals surface area contributed by atoms with Gasteiger partial charge in [-0.05, 0) is 32.1 Å². The second kappa shape index (κ2) is 14.2. The van der Waals surface area contributed by atoms with Gasteiger partial charge in [0.15, 0.2) is 0 Å². The number of rotatable bonds is 10. The highest BCUT2D eigenvalue weighted by atomic mass is 13.9. The van der Waals surface area contributed by atoms with Gasteiger partial charge in [-0.25, -0.2) is 0 Å². The fourth-order valence-corrected chi connectivity index (χ4v) is 1.46. The number of unbranched alkanes of at least 4 members (excludes halogenated alkanes) is 4. The zero-order chi connectivity index (χ0) is 11.9. The van der Waals surface area contributed by atoms with E-state index in [2.05, 4.69) is 50.3 Å². The summed E-state index contributed by atoms with van der Waals surface area (Å²) in [6.07, 6.45) is 23.5. The molecule has 0 fully saturated rings. The summed E-state index contributed by atoms with van der Waals surface area (Å²) in [5, 5.41) is 0. The molecule has 0 saturated carbocycles. The van der Waals surface area contributed by atoms with Crippen LogP contribution in [-0.4, -0.2) is 0 Å². The maximum Gasteiger partial charge on any atom is -0.0169 e. The second-order valence-electron chi connectivity index (χ2n) is 4.17. The third kappa shape index (κ3) is 13.2. The van der Waals surface area contributed by atoms with E-state index in [4.69, 9.17) is 0 Å². The van der Waals surface area contributed by atoms with Crippen molar-refractivity contribution in [3.8, 4) is 0 Å². The van der Waals surface area contributed by atoms with Crippen molar-refractivity contribution in [2.45, 2.75) is 65.2 Å². The summed E-state index contributed by atoms with van der Waals surface area (Å²) in [5.41, 5.74) is 0. The Morgan fingerprint density at radius 2 is 1.12 bits per heavy atom. The number of hydrogen-bond acceptors (Lipinski definition) is 0. The Morgan fingerprint density at radius 1 is 0.562 bits per heavy atom. The standard InChI is InChI=1S/C16H28/c1-3-5-7-9-11-13-15-16-14-12-10-8-6-4-2/h7,9,12-15H,3-6,8,10-11,16H2,1-2H3/b9-7?,14-12-,15-13?. The van der Waals surface area contributed by atoms with Crippen molar-refractivity contribution in [1.29, 1.82) is 0 Å². The average molecular weight is 220 g/mol. The Kier molecular flexibility index (Phi) is 13.5. The minimum Gasteiger partial charge on any atom is -0.0882 e. The predicted octanol–water partition coefficient (Wildman–Crippen LogP) is 5.82. The van der Waals surface area contributed by atoms with Gasteiger partial charge in [-0.15, -0.1) is 0 Å². The van der Waals surface area contributed by atoms with E-state index in [9.17, 15) is 0 Å². The molecule has 0 radical (unpaired) electrons. The molecule has 0 rings (SSSR count). The highest BCUT2D eigenvalue weighted by Crippen LogP contribution is 2.00. The Bertz CT molecular complexity index is 196. The Morgan fingerprint density at radius 3 is 1.69 bits per heavy atom. The van der Waals surface area contributed by atoms with E-state index < -0.39 is 0 Å². The molecule has 92 valence electrons. The van der Waals surface area contributed by atoms with Crippen LogP contribution in [0.2, 0.25) is 0 Å². The first kappa shape index (κ1) is 15.2. The van der Waals surface area contributed by atoms with Crippen molar-refractivity contribution < 1.29 is 0 Å². The van der Waals surface area contributed by atoms with Gasteiger partial charge >= 0.3 is 0 Å². The van der Waals surface area contributed by atoms with E-state index in [0.29, 0.717) is 0 Å². The first-order chi connectivity index (χ1) is 7.91. The summed E-state index contributed by atoms with van der Waals surface area (Å²) in [5.74, 6) is 0.